The molecule has 6 heteroatoms. The second-order valence-electron chi connectivity index (χ2n) is 4.04. The number of fused-ring (bicyclic) bond motifs is 1. The number of hydrogen-bond acceptors (Lipinski definition) is 5. The van der Waals surface area contributed by atoms with Crippen LogP contribution in [0.3, 0.4) is 0 Å². The first-order valence-corrected chi connectivity index (χ1v) is 7.85. The Morgan fingerprint density at radius 1 is 1.50 bits per heavy atom. The highest BCUT2D eigenvalue weighted by Crippen LogP contribution is 2.44. The average Bonchev–Trinajstić information content (AvgIpc) is 2.71. The maximum Gasteiger partial charge on any atom is 0.176 e. The standard InChI is InChI=1S/C12H17BO3S2/c1-3-10-12-11(8(2)18-10)14-6-9(16-12)7-15-17-5-4-13/h9H,3-7H2,1-2H3. The zero-order chi connectivity index (χ0) is 13.0. The maximum absolute atomic E-state index is 5.97. The molecule has 0 saturated heterocycles. The SMILES string of the molecule is [B]CCSOCC1COc2c(C)sc(CC)c2O1. The van der Waals surface area contributed by atoms with Gasteiger partial charge in [0.1, 0.15) is 13.2 Å². The van der Waals surface area contributed by atoms with Gasteiger partial charge >= 0.3 is 0 Å². The lowest BCUT2D eigenvalue weighted by Gasteiger charge is -2.25. The smallest absolute Gasteiger partial charge is 0.176 e. The van der Waals surface area contributed by atoms with Crippen molar-refractivity contribution >= 4 is 31.2 Å². The van der Waals surface area contributed by atoms with E-state index in [4.69, 9.17) is 21.5 Å². The lowest BCUT2D eigenvalue weighted by Crippen LogP contribution is -2.32. The van der Waals surface area contributed by atoms with Gasteiger partial charge in [0.25, 0.3) is 0 Å². The van der Waals surface area contributed by atoms with Crippen molar-refractivity contribution in [3.8, 4) is 11.5 Å². The molecule has 1 aromatic rings. The Labute approximate surface area is 118 Å². The molecule has 2 rings (SSSR count). The van der Waals surface area contributed by atoms with Gasteiger partial charge in [-0.1, -0.05) is 13.2 Å². The highest BCUT2D eigenvalue weighted by atomic mass is 32.2. The van der Waals surface area contributed by atoms with Crippen LogP contribution in [0.2, 0.25) is 6.32 Å². The van der Waals surface area contributed by atoms with Crippen molar-refractivity contribution in [3.05, 3.63) is 9.75 Å². The lowest BCUT2D eigenvalue weighted by molar-refractivity contribution is 0.0595. The van der Waals surface area contributed by atoms with Crippen molar-refractivity contribution in [2.75, 3.05) is 19.0 Å². The molecule has 1 atom stereocenters. The number of aryl methyl sites for hydroxylation is 2. The summed E-state index contributed by atoms with van der Waals surface area (Å²) in [6.07, 6.45) is 1.57. The number of ether oxygens (including phenoxy) is 2. The van der Waals surface area contributed by atoms with E-state index in [1.807, 2.05) is 0 Å². The fourth-order valence-electron chi connectivity index (χ4n) is 1.77. The van der Waals surface area contributed by atoms with Gasteiger partial charge in [0.05, 0.1) is 12.7 Å². The summed E-state index contributed by atoms with van der Waals surface area (Å²) in [4.78, 5) is 2.44. The highest BCUT2D eigenvalue weighted by molar-refractivity contribution is 7.94. The van der Waals surface area contributed by atoms with Crippen LogP contribution in [-0.2, 0) is 10.6 Å². The van der Waals surface area contributed by atoms with Crippen LogP contribution in [0.1, 0.15) is 16.7 Å². The fraction of sp³-hybridized carbons (Fsp3) is 0.667. The quantitative estimate of drug-likeness (QED) is 0.456. The molecule has 0 bridgehead atoms. The molecule has 1 aliphatic rings. The van der Waals surface area contributed by atoms with E-state index in [0.29, 0.717) is 19.5 Å². The van der Waals surface area contributed by atoms with E-state index in [0.717, 1.165) is 23.7 Å². The molecule has 1 aliphatic heterocycles. The molecule has 0 aromatic carbocycles. The summed E-state index contributed by atoms with van der Waals surface area (Å²) in [5.41, 5.74) is 0. The Morgan fingerprint density at radius 3 is 3.06 bits per heavy atom. The Bertz CT molecular complexity index is 395. The van der Waals surface area contributed by atoms with Crippen molar-refractivity contribution in [2.24, 2.45) is 0 Å². The van der Waals surface area contributed by atoms with E-state index in [2.05, 4.69) is 13.8 Å². The molecule has 2 heterocycles. The van der Waals surface area contributed by atoms with E-state index in [-0.39, 0.29) is 6.10 Å². The van der Waals surface area contributed by atoms with Crippen molar-refractivity contribution < 1.29 is 13.7 Å². The second-order valence-corrected chi connectivity index (χ2v) is 6.23. The Balaban J connectivity index is 1.92. The number of thiophene rings is 1. The van der Waals surface area contributed by atoms with Gasteiger partial charge in [-0.25, -0.2) is 0 Å². The van der Waals surface area contributed by atoms with Gasteiger partial charge in [0.15, 0.2) is 17.6 Å². The average molecular weight is 284 g/mol. The molecule has 1 unspecified atom stereocenters. The largest absolute Gasteiger partial charge is 0.485 e. The van der Waals surface area contributed by atoms with Crippen LogP contribution in [0.15, 0.2) is 0 Å². The molecule has 0 aliphatic carbocycles. The summed E-state index contributed by atoms with van der Waals surface area (Å²) in [7, 11) is 5.40. The second kappa shape index (κ2) is 6.73. The molecule has 0 N–H and O–H groups in total. The van der Waals surface area contributed by atoms with Crippen LogP contribution in [0.4, 0.5) is 0 Å². The molecule has 2 radical (unpaired) electrons. The van der Waals surface area contributed by atoms with Crippen molar-refractivity contribution in [1.29, 1.82) is 0 Å². The van der Waals surface area contributed by atoms with Crippen LogP contribution >= 0.6 is 23.4 Å². The molecular formula is C12H17BO3S2. The van der Waals surface area contributed by atoms with Crippen LogP contribution in [0.25, 0.3) is 0 Å². The van der Waals surface area contributed by atoms with Gasteiger partial charge in [-0.15, -0.1) is 11.3 Å². The van der Waals surface area contributed by atoms with Crippen molar-refractivity contribution in [1.82, 2.24) is 0 Å². The van der Waals surface area contributed by atoms with E-state index in [9.17, 15) is 0 Å². The first-order chi connectivity index (χ1) is 8.76. The summed E-state index contributed by atoms with van der Waals surface area (Å²) in [6.45, 7) is 5.28. The van der Waals surface area contributed by atoms with Crippen molar-refractivity contribution in [2.45, 2.75) is 32.7 Å². The molecule has 3 nitrogen and oxygen atoms in total. The summed E-state index contributed by atoms with van der Waals surface area (Å²) >= 11 is 3.14. The Morgan fingerprint density at radius 2 is 2.33 bits per heavy atom. The monoisotopic (exact) mass is 284 g/mol. The van der Waals surface area contributed by atoms with Crippen LogP contribution in [0, 0.1) is 6.92 Å². The van der Waals surface area contributed by atoms with Gasteiger partial charge in [-0.3, -0.25) is 0 Å². The topological polar surface area (TPSA) is 27.7 Å². The number of rotatable bonds is 6. The third-order valence-corrected chi connectivity index (χ3v) is 4.53. The fourth-order valence-corrected chi connectivity index (χ4v) is 3.23. The maximum atomic E-state index is 5.97. The van der Waals surface area contributed by atoms with Gasteiger partial charge in [-0.05, 0) is 25.4 Å². The van der Waals surface area contributed by atoms with Gasteiger partial charge < -0.3 is 13.7 Å². The minimum Gasteiger partial charge on any atom is -0.485 e. The molecule has 18 heavy (non-hydrogen) atoms. The van der Waals surface area contributed by atoms with Gasteiger partial charge in [-0.2, -0.15) is 0 Å². The summed E-state index contributed by atoms with van der Waals surface area (Å²) < 4.78 is 17.2. The minimum absolute atomic E-state index is 0.0259. The Hall–Kier alpha value is -0.325. The summed E-state index contributed by atoms with van der Waals surface area (Å²) in [6, 6.07) is 0. The summed E-state index contributed by atoms with van der Waals surface area (Å²) in [5, 5.41) is 0. The van der Waals surface area contributed by atoms with E-state index >= 15 is 0 Å². The van der Waals surface area contributed by atoms with Gasteiger partial charge in [0.2, 0.25) is 0 Å². The number of hydrogen-bond donors (Lipinski definition) is 0. The Kier molecular flexibility index (Phi) is 5.27. The molecular weight excluding hydrogens is 267 g/mol. The third kappa shape index (κ3) is 3.16. The van der Waals surface area contributed by atoms with Crippen molar-refractivity contribution in [3.63, 3.8) is 0 Å². The normalized spacial score (nSPS) is 18.0. The first kappa shape index (κ1) is 14.1. The van der Waals surface area contributed by atoms with Crippen LogP contribution in [0.5, 0.6) is 11.5 Å². The predicted molar refractivity (Wildman–Crippen MR) is 77.3 cm³/mol. The minimum atomic E-state index is -0.0259. The molecule has 1 aromatic heterocycles. The zero-order valence-corrected chi connectivity index (χ0v) is 12.4. The first-order valence-electron chi connectivity index (χ1n) is 6.12. The van der Waals surface area contributed by atoms with E-state index in [1.165, 1.54) is 21.8 Å². The van der Waals surface area contributed by atoms with Gasteiger partial charge in [0, 0.05) is 10.6 Å². The molecule has 98 valence electrons. The lowest BCUT2D eigenvalue weighted by atomic mass is 10.1. The third-order valence-electron chi connectivity index (χ3n) is 2.61. The van der Waals surface area contributed by atoms with Crippen LogP contribution < -0.4 is 9.47 Å². The molecule has 0 spiro atoms. The highest BCUT2D eigenvalue weighted by Gasteiger charge is 2.27. The van der Waals surface area contributed by atoms with E-state index < -0.39 is 0 Å². The molecule has 0 saturated carbocycles. The molecule has 0 amide bonds. The van der Waals surface area contributed by atoms with E-state index in [1.54, 1.807) is 11.3 Å². The van der Waals surface area contributed by atoms with Crippen LogP contribution in [-0.4, -0.2) is 32.9 Å². The molecule has 0 fully saturated rings. The predicted octanol–water partition coefficient (Wildman–Crippen LogP) is 3.01. The zero-order valence-electron chi connectivity index (χ0n) is 10.7. The summed E-state index contributed by atoms with van der Waals surface area (Å²) in [5.74, 6) is 2.64.